The quantitative estimate of drug-likeness (QED) is 0.913. The highest BCUT2D eigenvalue weighted by Crippen LogP contribution is 2.14. The summed E-state index contributed by atoms with van der Waals surface area (Å²) in [6.07, 6.45) is 0. The predicted molar refractivity (Wildman–Crippen MR) is 82.7 cm³/mol. The van der Waals surface area contributed by atoms with Crippen molar-refractivity contribution in [2.75, 3.05) is 5.32 Å². The minimum absolute atomic E-state index is 0.212. The van der Waals surface area contributed by atoms with E-state index >= 15 is 0 Å². The van der Waals surface area contributed by atoms with Crippen molar-refractivity contribution in [1.82, 2.24) is 15.1 Å². The van der Waals surface area contributed by atoms with Gasteiger partial charge in [-0.3, -0.25) is 14.3 Å². The molecule has 2 N–H and O–H groups in total. The van der Waals surface area contributed by atoms with Gasteiger partial charge < -0.3 is 10.6 Å². The molecule has 0 unspecified atom stereocenters. The molecule has 7 heteroatoms. The zero-order chi connectivity index (χ0) is 15.6. The Bertz CT molecular complexity index is 653. The number of amides is 2. The lowest BCUT2D eigenvalue weighted by Crippen LogP contribution is -2.40. The summed E-state index contributed by atoms with van der Waals surface area (Å²) in [6, 6.07) is 5.11. The number of hydrogen-bond donors (Lipinski definition) is 2. The van der Waals surface area contributed by atoms with Crippen LogP contribution >= 0.6 is 11.3 Å². The summed E-state index contributed by atoms with van der Waals surface area (Å²) in [4.78, 5) is 24.6. The number of hydrogen-bond acceptors (Lipinski definition) is 4. The van der Waals surface area contributed by atoms with Crippen molar-refractivity contribution in [2.45, 2.75) is 26.3 Å². The summed E-state index contributed by atoms with van der Waals surface area (Å²) in [5, 5.41) is 11.5. The van der Waals surface area contributed by atoms with Gasteiger partial charge in [-0.05, 0) is 32.2 Å². The number of aromatic nitrogens is 2. The molecule has 112 valence electrons. The van der Waals surface area contributed by atoms with Gasteiger partial charge >= 0.3 is 0 Å². The van der Waals surface area contributed by atoms with E-state index in [4.69, 9.17) is 0 Å². The van der Waals surface area contributed by atoms with Crippen LogP contribution in [0.15, 0.2) is 23.6 Å². The summed E-state index contributed by atoms with van der Waals surface area (Å²) in [6.45, 7) is 5.69. The van der Waals surface area contributed by atoms with E-state index in [0.717, 1.165) is 0 Å². The van der Waals surface area contributed by atoms with Crippen LogP contribution in [0.3, 0.4) is 0 Å². The molecule has 2 heterocycles. The third kappa shape index (κ3) is 3.91. The number of thiophene rings is 1. The molecule has 6 nitrogen and oxygen atoms in total. The molecule has 0 aliphatic carbocycles. The summed E-state index contributed by atoms with van der Waals surface area (Å²) in [5.74, 6) is -0.00189. The average molecular weight is 306 g/mol. The van der Waals surface area contributed by atoms with Crippen molar-refractivity contribution in [2.24, 2.45) is 7.05 Å². The molecule has 0 aliphatic rings. The van der Waals surface area contributed by atoms with Gasteiger partial charge in [-0.25, -0.2) is 0 Å². The Labute approximate surface area is 127 Å². The van der Waals surface area contributed by atoms with Gasteiger partial charge in [-0.15, -0.1) is 11.3 Å². The first-order chi connectivity index (χ1) is 9.76. The summed E-state index contributed by atoms with van der Waals surface area (Å²) >= 11 is 1.36. The largest absolute Gasteiger partial charge is 0.346 e. The Hall–Kier alpha value is -2.15. The van der Waals surface area contributed by atoms with Crippen LogP contribution in [0.25, 0.3) is 0 Å². The van der Waals surface area contributed by atoms with Crippen molar-refractivity contribution < 1.29 is 9.59 Å². The monoisotopic (exact) mass is 306 g/mol. The first kappa shape index (κ1) is 15.2. The minimum Gasteiger partial charge on any atom is -0.346 e. The van der Waals surface area contributed by atoms with E-state index in [1.807, 2.05) is 32.2 Å². The second kappa shape index (κ2) is 5.69. The lowest BCUT2D eigenvalue weighted by molar-refractivity contribution is 0.0913. The van der Waals surface area contributed by atoms with Gasteiger partial charge in [0.1, 0.15) is 5.82 Å². The van der Waals surface area contributed by atoms with E-state index in [-0.39, 0.29) is 23.0 Å². The SMILES string of the molecule is Cn1nc(C(=O)NC(C)(C)C)cc1NC(=O)c1cccs1. The van der Waals surface area contributed by atoms with E-state index in [1.54, 1.807) is 19.2 Å². The van der Waals surface area contributed by atoms with Crippen LogP contribution in [-0.2, 0) is 7.05 Å². The first-order valence-corrected chi connectivity index (χ1v) is 7.35. The van der Waals surface area contributed by atoms with Crippen molar-refractivity contribution >= 4 is 29.0 Å². The number of anilines is 1. The van der Waals surface area contributed by atoms with Gasteiger partial charge in [0, 0.05) is 18.7 Å². The molecule has 0 saturated heterocycles. The van der Waals surface area contributed by atoms with Crippen LogP contribution in [0.5, 0.6) is 0 Å². The molecule has 0 saturated carbocycles. The fourth-order valence-electron chi connectivity index (χ4n) is 1.69. The molecule has 2 aromatic rings. The van der Waals surface area contributed by atoms with E-state index < -0.39 is 0 Å². The number of carbonyl (C=O) groups is 2. The number of carbonyl (C=O) groups excluding carboxylic acids is 2. The fraction of sp³-hybridized carbons (Fsp3) is 0.357. The van der Waals surface area contributed by atoms with E-state index in [9.17, 15) is 9.59 Å². The normalized spacial score (nSPS) is 11.2. The highest BCUT2D eigenvalue weighted by Gasteiger charge is 2.19. The third-order valence-corrected chi connectivity index (χ3v) is 3.46. The van der Waals surface area contributed by atoms with Gasteiger partial charge in [-0.2, -0.15) is 5.10 Å². The van der Waals surface area contributed by atoms with Crippen molar-refractivity contribution in [3.63, 3.8) is 0 Å². The molecule has 2 aromatic heterocycles. The topological polar surface area (TPSA) is 76.0 Å². The highest BCUT2D eigenvalue weighted by molar-refractivity contribution is 7.12. The summed E-state index contributed by atoms with van der Waals surface area (Å²) in [5.41, 5.74) is -0.0662. The number of nitrogens with zero attached hydrogens (tertiary/aromatic N) is 2. The Morgan fingerprint density at radius 2 is 2.00 bits per heavy atom. The lowest BCUT2D eigenvalue weighted by Gasteiger charge is -2.19. The van der Waals surface area contributed by atoms with Gasteiger partial charge in [0.15, 0.2) is 5.69 Å². The minimum atomic E-state index is -0.338. The Morgan fingerprint density at radius 1 is 1.29 bits per heavy atom. The number of rotatable bonds is 3. The first-order valence-electron chi connectivity index (χ1n) is 6.48. The van der Waals surface area contributed by atoms with E-state index in [0.29, 0.717) is 10.7 Å². The van der Waals surface area contributed by atoms with E-state index in [1.165, 1.54) is 16.0 Å². The third-order valence-electron chi connectivity index (χ3n) is 2.59. The maximum Gasteiger partial charge on any atom is 0.272 e. The van der Waals surface area contributed by atoms with Gasteiger partial charge in [0.2, 0.25) is 0 Å². The maximum atomic E-state index is 12.0. The van der Waals surface area contributed by atoms with E-state index in [2.05, 4.69) is 15.7 Å². The molecule has 0 radical (unpaired) electrons. The molecule has 2 amide bonds. The summed E-state index contributed by atoms with van der Waals surface area (Å²) < 4.78 is 1.48. The predicted octanol–water partition coefficient (Wildman–Crippen LogP) is 2.26. The van der Waals surface area contributed by atoms with Gasteiger partial charge in [0.25, 0.3) is 11.8 Å². The second-order valence-electron chi connectivity index (χ2n) is 5.67. The Morgan fingerprint density at radius 3 is 2.57 bits per heavy atom. The average Bonchev–Trinajstić information content (AvgIpc) is 2.97. The zero-order valence-corrected chi connectivity index (χ0v) is 13.2. The number of aryl methyl sites for hydroxylation is 1. The summed E-state index contributed by atoms with van der Waals surface area (Å²) in [7, 11) is 1.68. The fourth-order valence-corrected chi connectivity index (χ4v) is 2.30. The smallest absolute Gasteiger partial charge is 0.272 e. The Balaban J connectivity index is 2.12. The molecule has 0 aliphatic heterocycles. The molecule has 0 aromatic carbocycles. The van der Waals surface area contributed by atoms with Crippen molar-refractivity contribution in [1.29, 1.82) is 0 Å². The molecular weight excluding hydrogens is 288 g/mol. The molecule has 0 fully saturated rings. The van der Waals surface area contributed by atoms with Crippen LogP contribution < -0.4 is 10.6 Å². The highest BCUT2D eigenvalue weighted by atomic mass is 32.1. The van der Waals surface area contributed by atoms with Crippen LogP contribution in [-0.4, -0.2) is 27.1 Å². The van der Waals surface area contributed by atoms with Crippen LogP contribution in [0.4, 0.5) is 5.82 Å². The molecule has 2 rings (SSSR count). The molecule has 21 heavy (non-hydrogen) atoms. The maximum absolute atomic E-state index is 12.0. The number of nitrogens with one attached hydrogen (secondary N) is 2. The Kier molecular flexibility index (Phi) is 4.13. The molecule has 0 atom stereocenters. The van der Waals surface area contributed by atoms with Crippen molar-refractivity contribution in [3.8, 4) is 0 Å². The van der Waals surface area contributed by atoms with Crippen LogP contribution in [0, 0.1) is 0 Å². The van der Waals surface area contributed by atoms with Gasteiger partial charge in [-0.1, -0.05) is 6.07 Å². The zero-order valence-electron chi connectivity index (χ0n) is 12.4. The van der Waals surface area contributed by atoms with Crippen LogP contribution in [0.2, 0.25) is 0 Å². The molecular formula is C14H18N4O2S. The lowest BCUT2D eigenvalue weighted by atomic mass is 10.1. The second-order valence-corrected chi connectivity index (χ2v) is 6.62. The van der Waals surface area contributed by atoms with Gasteiger partial charge in [0.05, 0.1) is 4.88 Å². The standard InChI is InChI=1S/C14H18N4O2S/c1-14(2,3)16-12(19)9-8-11(18(4)17-9)15-13(20)10-6-5-7-21-10/h5-8H,1-4H3,(H,15,20)(H,16,19). The van der Waals surface area contributed by atoms with Crippen LogP contribution in [0.1, 0.15) is 40.9 Å². The molecule has 0 bridgehead atoms. The van der Waals surface area contributed by atoms with Crippen molar-refractivity contribution in [3.05, 3.63) is 34.2 Å². The molecule has 0 spiro atoms.